The summed E-state index contributed by atoms with van der Waals surface area (Å²) >= 11 is 0. The third-order valence-corrected chi connectivity index (χ3v) is 4.69. The van der Waals surface area contributed by atoms with Gasteiger partial charge >= 0.3 is 0 Å². The first-order chi connectivity index (χ1) is 13.7. The van der Waals surface area contributed by atoms with E-state index in [1.807, 2.05) is 79.7 Å². The first-order valence-corrected chi connectivity index (χ1v) is 9.66. The number of nitrogens with two attached hydrogens (primary N) is 1. The standard InChI is InChI=1S/C24H26N2O2/c1-3-28-22-17-11-10-16-21(22)26-24(27)23(20-14-8-5-9-15-20)25-18(2)19-12-6-4-7-13-19/h4-18,23,25H,3H2,1-2H3,(H,26,27)/p+1/t18-,23+/m0/s1. The zero-order valence-electron chi connectivity index (χ0n) is 16.3. The predicted octanol–water partition coefficient (Wildman–Crippen LogP) is 4.09. The van der Waals surface area contributed by atoms with Crippen LogP contribution in [0.4, 0.5) is 5.69 Å². The van der Waals surface area contributed by atoms with Crippen molar-refractivity contribution in [3.05, 3.63) is 96.1 Å². The highest BCUT2D eigenvalue weighted by Gasteiger charge is 2.27. The SMILES string of the molecule is CCOc1ccccc1NC(=O)[C@H]([NH2+][C@@H](C)c1ccccc1)c1ccccc1. The molecule has 0 aliphatic rings. The first kappa shape index (κ1) is 19.6. The maximum atomic E-state index is 13.2. The molecule has 0 radical (unpaired) electrons. The molecule has 2 atom stereocenters. The fraction of sp³-hybridized carbons (Fsp3) is 0.208. The van der Waals surface area contributed by atoms with Gasteiger partial charge in [0, 0.05) is 11.1 Å². The monoisotopic (exact) mass is 375 g/mol. The Morgan fingerprint density at radius 1 is 0.893 bits per heavy atom. The number of para-hydroxylation sites is 2. The minimum Gasteiger partial charge on any atom is -0.492 e. The third kappa shape index (κ3) is 4.99. The lowest BCUT2D eigenvalue weighted by Crippen LogP contribution is -2.87. The van der Waals surface area contributed by atoms with Crippen molar-refractivity contribution in [3.8, 4) is 5.75 Å². The molecule has 144 valence electrons. The number of nitrogens with one attached hydrogen (secondary N) is 1. The summed E-state index contributed by atoms with van der Waals surface area (Å²) in [7, 11) is 0. The van der Waals surface area contributed by atoms with Crippen molar-refractivity contribution in [2.45, 2.75) is 25.9 Å². The molecule has 0 spiro atoms. The van der Waals surface area contributed by atoms with E-state index in [1.165, 1.54) is 5.56 Å². The van der Waals surface area contributed by atoms with Crippen molar-refractivity contribution >= 4 is 11.6 Å². The Hall–Kier alpha value is -3.11. The second-order valence-electron chi connectivity index (χ2n) is 6.70. The number of hydrogen-bond donors (Lipinski definition) is 2. The van der Waals surface area contributed by atoms with Gasteiger partial charge in [-0.05, 0) is 26.0 Å². The molecule has 0 bridgehead atoms. The van der Waals surface area contributed by atoms with Gasteiger partial charge < -0.3 is 15.4 Å². The summed E-state index contributed by atoms with van der Waals surface area (Å²) in [6.07, 6.45) is 0. The van der Waals surface area contributed by atoms with E-state index in [-0.39, 0.29) is 18.0 Å². The van der Waals surface area contributed by atoms with E-state index < -0.39 is 0 Å². The molecule has 4 heteroatoms. The summed E-state index contributed by atoms with van der Waals surface area (Å²) in [5.41, 5.74) is 2.85. The van der Waals surface area contributed by atoms with E-state index in [9.17, 15) is 4.79 Å². The number of rotatable bonds is 8. The maximum Gasteiger partial charge on any atom is 0.287 e. The molecule has 0 unspecified atom stereocenters. The molecule has 0 aliphatic heterocycles. The van der Waals surface area contributed by atoms with Gasteiger partial charge in [-0.15, -0.1) is 0 Å². The van der Waals surface area contributed by atoms with Crippen LogP contribution < -0.4 is 15.4 Å². The fourth-order valence-corrected chi connectivity index (χ4v) is 3.23. The Morgan fingerprint density at radius 3 is 2.11 bits per heavy atom. The van der Waals surface area contributed by atoms with Gasteiger partial charge in [-0.1, -0.05) is 72.8 Å². The van der Waals surface area contributed by atoms with Crippen LogP contribution in [0.1, 0.15) is 37.1 Å². The molecule has 1 amide bonds. The van der Waals surface area contributed by atoms with Crippen molar-refractivity contribution in [1.82, 2.24) is 0 Å². The van der Waals surface area contributed by atoms with Gasteiger partial charge in [-0.2, -0.15) is 0 Å². The van der Waals surface area contributed by atoms with Gasteiger partial charge in [-0.25, -0.2) is 0 Å². The van der Waals surface area contributed by atoms with Crippen LogP contribution in [-0.2, 0) is 4.79 Å². The molecule has 0 saturated heterocycles. The Balaban J connectivity index is 1.84. The van der Waals surface area contributed by atoms with Crippen molar-refractivity contribution in [2.24, 2.45) is 0 Å². The lowest BCUT2D eigenvalue weighted by Gasteiger charge is -2.21. The molecular weight excluding hydrogens is 348 g/mol. The average molecular weight is 375 g/mol. The number of quaternary nitrogens is 1. The fourth-order valence-electron chi connectivity index (χ4n) is 3.23. The van der Waals surface area contributed by atoms with Crippen LogP contribution in [0.25, 0.3) is 0 Å². The van der Waals surface area contributed by atoms with Crippen LogP contribution in [0, 0.1) is 0 Å². The van der Waals surface area contributed by atoms with E-state index in [4.69, 9.17) is 4.74 Å². The Bertz CT molecular complexity index is 881. The molecule has 4 nitrogen and oxygen atoms in total. The Labute approximate surface area is 166 Å². The topological polar surface area (TPSA) is 54.9 Å². The Kier molecular flexibility index (Phi) is 6.82. The number of carbonyl (C=O) groups is 1. The Morgan fingerprint density at radius 2 is 1.46 bits per heavy atom. The van der Waals surface area contributed by atoms with Crippen molar-refractivity contribution in [1.29, 1.82) is 0 Å². The third-order valence-electron chi connectivity index (χ3n) is 4.69. The van der Waals surface area contributed by atoms with Gasteiger partial charge in [0.2, 0.25) is 0 Å². The molecular formula is C24H27N2O2+. The summed E-state index contributed by atoms with van der Waals surface area (Å²) in [6, 6.07) is 27.4. The van der Waals surface area contributed by atoms with E-state index >= 15 is 0 Å². The van der Waals surface area contributed by atoms with Crippen LogP contribution in [0.3, 0.4) is 0 Å². The highest BCUT2D eigenvalue weighted by atomic mass is 16.5. The van der Waals surface area contributed by atoms with Crippen molar-refractivity contribution in [2.75, 3.05) is 11.9 Å². The summed E-state index contributed by atoms with van der Waals surface area (Å²) < 4.78 is 5.65. The molecule has 3 aromatic carbocycles. The highest BCUT2D eigenvalue weighted by Crippen LogP contribution is 2.25. The molecule has 3 aromatic rings. The highest BCUT2D eigenvalue weighted by molar-refractivity contribution is 5.95. The van der Waals surface area contributed by atoms with E-state index in [2.05, 4.69) is 29.7 Å². The van der Waals surface area contributed by atoms with E-state index in [1.54, 1.807) is 0 Å². The van der Waals surface area contributed by atoms with Gasteiger partial charge in [-0.3, -0.25) is 4.79 Å². The normalized spacial score (nSPS) is 12.8. The summed E-state index contributed by atoms with van der Waals surface area (Å²) in [4.78, 5) is 13.2. The molecule has 3 rings (SSSR count). The number of amides is 1. The molecule has 0 heterocycles. The quantitative estimate of drug-likeness (QED) is 0.623. The number of benzene rings is 3. The molecule has 0 fully saturated rings. The molecule has 0 saturated carbocycles. The smallest absolute Gasteiger partial charge is 0.287 e. The van der Waals surface area contributed by atoms with E-state index in [0.29, 0.717) is 18.0 Å². The number of ether oxygens (including phenoxy) is 1. The van der Waals surface area contributed by atoms with Gasteiger partial charge in [0.25, 0.3) is 5.91 Å². The van der Waals surface area contributed by atoms with Crippen LogP contribution in [0.2, 0.25) is 0 Å². The summed E-state index contributed by atoms with van der Waals surface area (Å²) in [5, 5.41) is 5.16. The second kappa shape index (κ2) is 9.72. The van der Waals surface area contributed by atoms with Gasteiger partial charge in [0.15, 0.2) is 6.04 Å². The zero-order chi connectivity index (χ0) is 19.8. The van der Waals surface area contributed by atoms with Crippen molar-refractivity contribution < 1.29 is 14.8 Å². The first-order valence-electron chi connectivity index (χ1n) is 9.66. The number of hydrogen-bond acceptors (Lipinski definition) is 2. The summed E-state index contributed by atoms with van der Waals surface area (Å²) in [5.74, 6) is 0.613. The van der Waals surface area contributed by atoms with Crippen LogP contribution in [0.5, 0.6) is 5.75 Å². The second-order valence-corrected chi connectivity index (χ2v) is 6.70. The van der Waals surface area contributed by atoms with Crippen LogP contribution >= 0.6 is 0 Å². The zero-order valence-corrected chi connectivity index (χ0v) is 16.3. The molecule has 0 aromatic heterocycles. The molecule has 28 heavy (non-hydrogen) atoms. The predicted molar refractivity (Wildman–Crippen MR) is 112 cm³/mol. The largest absolute Gasteiger partial charge is 0.492 e. The molecule has 0 aliphatic carbocycles. The number of anilines is 1. The molecule has 3 N–H and O–H groups in total. The lowest BCUT2D eigenvalue weighted by molar-refractivity contribution is -0.718. The van der Waals surface area contributed by atoms with E-state index in [0.717, 1.165) is 5.56 Å². The number of carbonyl (C=O) groups excluding carboxylic acids is 1. The van der Waals surface area contributed by atoms with Gasteiger partial charge in [0.1, 0.15) is 11.8 Å². The maximum absolute atomic E-state index is 13.2. The van der Waals surface area contributed by atoms with Crippen molar-refractivity contribution in [3.63, 3.8) is 0 Å². The summed E-state index contributed by atoms with van der Waals surface area (Å²) in [6.45, 7) is 4.60. The van der Waals surface area contributed by atoms with Gasteiger partial charge in [0.05, 0.1) is 12.3 Å². The van der Waals surface area contributed by atoms with Crippen LogP contribution in [0.15, 0.2) is 84.9 Å². The van der Waals surface area contributed by atoms with Crippen LogP contribution in [-0.4, -0.2) is 12.5 Å². The average Bonchev–Trinajstić information content (AvgIpc) is 2.74. The minimum atomic E-state index is -0.369. The minimum absolute atomic E-state index is 0.0684. The lowest BCUT2D eigenvalue weighted by atomic mass is 10.0.